The van der Waals surface area contributed by atoms with E-state index in [9.17, 15) is 9.59 Å². The number of nitrogens with zero attached hydrogens (tertiary/aromatic N) is 1. The molecule has 0 aliphatic rings. The molecule has 41 heavy (non-hydrogen) atoms. The molecule has 0 aliphatic carbocycles. The molecule has 0 atom stereocenters. The summed E-state index contributed by atoms with van der Waals surface area (Å²) in [6.07, 6.45) is 3.05. The molecule has 3 aromatic carbocycles. The van der Waals surface area contributed by atoms with Crippen molar-refractivity contribution >= 4 is 44.5 Å². The topological polar surface area (TPSA) is 114 Å². The number of nitrogens with one attached hydrogen (secondary N) is 1. The highest BCUT2D eigenvalue weighted by Gasteiger charge is 2.16. The summed E-state index contributed by atoms with van der Waals surface area (Å²) in [5, 5.41) is 3.22. The Balaban J connectivity index is 1.43. The van der Waals surface area contributed by atoms with Gasteiger partial charge in [0.25, 0.3) is 5.91 Å². The molecule has 11 heteroatoms. The third-order valence-electron chi connectivity index (χ3n) is 5.84. The molecule has 0 saturated heterocycles. The van der Waals surface area contributed by atoms with Crippen molar-refractivity contribution in [1.82, 2.24) is 4.98 Å². The second-order valence-corrected chi connectivity index (χ2v) is 9.47. The van der Waals surface area contributed by atoms with Gasteiger partial charge < -0.3 is 28.4 Å². The van der Waals surface area contributed by atoms with Crippen molar-refractivity contribution in [3.63, 3.8) is 0 Å². The van der Waals surface area contributed by atoms with Crippen LogP contribution in [0.4, 0.5) is 5.13 Å². The molecule has 0 aliphatic heterocycles. The smallest absolute Gasteiger partial charge is 0.264 e. The van der Waals surface area contributed by atoms with E-state index in [1.54, 1.807) is 36.4 Å². The normalized spacial score (nSPS) is 10.9. The van der Waals surface area contributed by atoms with Crippen molar-refractivity contribution in [2.24, 2.45) is 0 Å². The second kappa shape index (κ2) is 13.5. The summed E-state index contributed by atoms with van der Waals surface area (Å²) in [7, 11) is 5.97. The van der Waals surface area contributed by atoms with Gasteiger partial charge in [0.2, 0.25) is 5.75 Å². The van der Waals surface area contributed by atoms with Crippen LogP contribution in [0.15, 0.2) is 54.6 Å². The van der Waals surface area contributed by atoms with Crippen LogP contribution in [0.1, 0.15) is 22.8 Å². The average Bonchev–Trinajstić information content (AvgIpc) is 3.39. The maximum absolute atomic E-state index is 12.9. The zero-order valence-electron chi connectivity index (χ0n) is 23.3. The van der Waals surface area contributed by atoms with Crippen LogP contribution in [0.2, 0.25) is 0 Å². The van der Waals surface area contributed by atoms with Gasteiger partial charge in [0.1, 0.15) is 5.75 Å². The molecule has 1 heterocycles. The number of aromatic nitrogens is 1. The third-order valence-corrected chi connectivity index (χ3v) is 6.79. The number of methoxy groups -OCH3 is 4. The SMILES string of the molecule is CCOc1ccc2sc(NC(=O)COc3cc(/C=C/C(=O)c4cc(OC)c(OC)c(OC)c4)ccc3OC)nc2c1. The van der Waals surface area contributed by atoms with Crippen LogP contribution in [0.3, 0.4) is 0 Å². The molecule has 0 radical (unpaired) electrons. The highest BCUT2D eigenvalue weighted by molar-refractivity contribution is 7.22. The van der Waals surface area contributed by atoms with Gasteiger partial charge in [-0.25, -0.2) is 4.98 Å². The number of allylic oxidation sites excluding steroid dienone is 1. The van der Waals surface area contributed by atoms with Gasteiger partial charge in [0.15, 0.2) is 40.5 Å². The Bertz CT molecular complexity index is 1560. The van der Waals surface area contributed by atoms with Crippen molar-refractivity contribution in [3.8, 4) is 34.5 Å². The van der Waals surface area contributed by atoms with Crippen LogP contribution >= 0.6 is 11.3 Å². The van der Waals surface area contributed by atoms with Gasteiger partial charge in [0.05, 0.1) is 45.3 Å². The third kappa shape index (κ3) is 7.06. The fourth-order valence-electron chi connectivity index (χ4n) is 3.92. The molecule has 10 nitrogen and oxygen atoms in total. The fourth-order valence-corrected chi connectivity index (χ4v) is 4.78. The molecular formula is C30H30N2O8S. The summed E-state index contributed by atoms with van der Waals surface area (Å²) in [6.45, 7) is 2.20. The van der Waals surface area contributed by atoms with E-state index in [0.29, 0.717) is 51.6 Å². The van der Waals surface area contributed by atoms with Crippen LogP contribution in [-0.2, 0) is 4.79 Å². The van der Waals surface area contributed by atoms with Crippen LogP contribution in [0.25, 0.3) is 16.3 Å². The molecule has 0 fully saturated rings. The first kappa shape index (κ1) is 29.2. The molecule has 214 valence electrons. The van der Waals surface area contributed by atoms with Gasteiger partial charge in [-0.2, -0.15) is 0 Å². The zero-order valence-corrected chi connectivity index (χ0v) is 24.1. The summed E-state index contributed by atoms with van der Waals surface area (Å²) >= 11 is 1.36. The van der Waals surface area contributed by atoms with Gasteiger partial charge in [-0.05, 0) is 55.0 Å². The van der Waals surface area contributed by atoms with E-state index in [1.807, 2.05) is 25.1 Å². The Kier molecular flexibility index (Phi) is 9.64. The molecule has 4 rings (SSSR count). The number of carbonyl (C=O) groups is 2. The Morgan fingerprint density at radius 3 is 2.24 bits per heavy atom. The molecule has 0 saturated carbocycles. The van der Waals surface area contributed by atoms with Gasteiger partial charge >= 0.3 is 0 Å². The number of benzene rings is 3. The predicted molar refractivity (Wildman–Crippen MR) is 157 cm³/mol. The number of hydrogen-bond acceptors (Lipinski definition) is 10. The predicted octanol–water partition coefficient (Wildman–Crippen LogP) is 5.64. The van der Waals surface area contributed by atoms with Crippen LogP contribution in [0.5, 0.6) is 34.5 Å². The van der Waals surface area contributed by atoms with Crippen molar-refractivity contribution in [2.75, 3.05) is 47.0 Å². The Hall–Kier alpha value is -4.77. The van der Waals surface area contributed by atoms with E-state index in [0.717, 1.165) is 16.0 Å². The molecule has 1 N–H and O–H groups in total. The minimum Gasteiger partial charge on any atom is -0.494 e. The summed E-state index contributed by atoms with van der Waals surface area (Å²) < 4.78 is 33.6. The molecule has 1 aromatic heterocycles. The van der Waals surface area contributed by atoms with E-state index in [1.165, 1.54) is 45.9 Å². The Morgan fingerprint density at radius 2 is 1.59 bits per heavy atom. The fraction of sp³-hybridized carbons (Fsp3) is 0.233. The number of carbonyl (C=O) groups excluding carboxylic acids is 2. The van der Waals surface area contributed by atoms with Crippen molar-refractivity contribution in [3.05, 3.63) is 65.7 Å². The van der Waals surface area contributed by atoms with Crippen molar-refractivity contribution < 1.29 is 38.0 Å². The Morgan fingerprint density at radius 1 is 0.854 bits per heavy atom. The lowest BCUT2D eigenvalue weighted by atomic mass is 10.1. The maximum Gasteiger partial charge on any atom is 0.264 e. The van der Waals surface area contributed by atoms with Crippen LogP contribution < -0.4 is 33.7 Å². The lowest BCUT2D eigenvalue weighted by molar-refractivity contribution is -0.118. The molecule has 0 spiro atoms. The number of thiazole rings is 1. The number of anilines is 1. The summed E-state index contributed by atoms with van der Waals surface area (Å²) in [6, 6.07) is 13.9. The Labute approximate surface area is 241 Å². The number of fused-ring (bicyclic) bond motifs is 1. The molecule has 0 unspecified atom stereocenters. The van der Waals surface area contributed by atoms with Gasteiger partial charge in [0, 0.05) is 11.6 Å². The monoisotopic (exact) mass is 578 g/mol. The number of rotatable bonds is 13. The summed E-state index contributed by atoms with van der Waals surface area (Å²) in [4.78, 5) is 30.0. The largest absolute Gasteiger partial charge is 0.494 e. The highest BCUT2D eigenvalue weighted by atomic mass is 32.1. The maximum atomic E-state index is 12.9. The number of amides is 1. The standard InChI is InChI=1S/C30H30N2O8S/c1-6-39-20-9-12-27-21(16-20)31-30(41-27)32-28(34)17-40-24-13-18(8-11-23(24)35-2)7-10-22(33)19-14-25(36-3)29(38-5)26(15-19)37-4/h7-16H,6,17H2,1-5H3,(H,31,32,34)/b10-7+. The molecule has 4 aromatic rings. The lowest BCUT2D eigenvalue weighted by Crippen LogP contribution is -2.20. The van der Waals surface area contributed by atoms with Crippen molar-refractivity contribution in [2.45, 2.75) is 6.92 Å². The summed E-state index contributed by atoms with van der Waals surface area (Å²) in [5.74, 6) is 2.00. The molecule has 1 amide bonds. The molecular weight excluding hydrogens is 548 g/mol. The highest BCUT2D eigenvalue weighted by Crippen LogP contribution is 2.38. The minimum absolute atomic E-state index is 0.270. The van der Waals surface area contributed by atoms with Gasteiger partial charge in [-0.15, -0.1) is 0 Å². The van der Waals surface area contributed by atoms with E-state index >= 15 is 0 Å². The van der Waals surface area contributed by atoms with Gasteiger partial charge in [-0.1, -0.05) is 23.5 Å². The van der Waals surface area contributed by atoms with E-state index in [-0.39, 0.29) is 18.3 Å². The van der Waals surface area contributed by atoms with Crippen molar-refractivity contribution in [1.29, 1.82) is 0 Å². The van der Waals surface area contributed by atoms with Gasteiger partial charge in [-0.3, -0.25) is 14.9 Å². The quantitative estimate of drug-likeness (QED) is 0.159. The number of ketones is 1. The van der Waals surface area contributed by atoms with Crippen LogP contribution in [0, 0.1) is 0 Å². The average molecular weight is 579 g/mol. The first-order chi connectivity index (χ1) is 19.9. The lowest BCUT2D eigenvalue weighted by Gasteiger charge is -2.13. The zero-order chi connectivity index (χ0) is 29.4. The number of hydrogen-bond donors (Lipinski definition) is 1. The first-order valence-electron chi connectivity index (χ1n) is 12.6. The summed E-state index contributed by atoms with van der Waals surface area (Å²) in [5.41, 5.74) is 1.76. The second-order valence-electron chi connectivity index (χ2n) is 8.44. The minimum atomic E-state index is -0.380. The first-order valence-corrected chi connectivity index (χ1v) is 13.4. The van der Waals surface area contributed by atoms with E-state index in [2.05, 4.69) is 10.3 Å². The van der Waals surface area contributed by atoms with E-state index in [4.69, 9.17) is 28.4 Å². The van der Waals surface area contributed by atoms with E-state index < -0.39 is 0 Å². The molecule has 0 bridgehead atoms. The number of ether oxygens (including phenoxy) is 6. The van der Waals surface area contributed by atoms with Crippen LogP contribution in [-0.4, -0.2) is 58.3 Å².